The topological polar surface area (TPSA) is 62.2 Å². The van der Waals surface area contributed by atoms with E-state index in [1.165, 1.54) is 0 Å². The number of hydrogen-bond donors (Lipinski definition) is 2. The van der Waals surface area contributed by atoms with Crippen LogP contribution >= 0.6 is 11.8 Å². The smallest absolute Gasteiger partial charge is 0.140 e. The normalized spacial score (nSPS) is 22.2. The average Bonchev–Trinajstić information content (AvgIpc) is 3.32. The summed E-state index contributed by atoms with van der Waals surface area (Å²) in [4.78, 5) is 3.13. The third-order valence-electron chi connectivity index (χ3n) is 6.40. The maximum Gasteiger partial charge on any atom is 0.140 e. The Balaban J connectivity index is 1.30. The number of hydrogen-bond acceptors (Lipinski definition) is 6. The molecule has 1 fully saturated rings. The molecule has 5 nitrogen and oxygen atoms in total. The highest BCUT2D eigenvalue weighted by molar-refractivity contribution is 7.99. The minimum atomic E-state index is -0.247. The Morgan fingerprint density at radius 2 is 1.71 bits per heavy atom. The fraction of sp³-hybridized carbons (Fsp3) is 0.333. The number of thioether (sulfide) groups is 1. The molecule has 178 valence electrons. The van der Waals surface area contributed by atoms with Crippen LogP contribution < -0.4 is 9.47 Å². The molecule has 3 aromatic carbocycles. The molecule has 2 aliphatic heterocycles. The molecule has 0 radical (unpaired) electrons. The molecule has 5 rings (SSSR count). The maximum atomic E-state index is 12.8. The highest BCUT2D eigenvalue weighted by Crippen LogP contribution is 2.54. The van der Waals surface area contributed by atoms with Gasteiger partial charge in [-0.25, -0.2) is 0 Å². The van der Waals surface area contributed by atoms with Crippen LogP contribution in [0, 0.1) is 5.92 Å². The first-order chi connectivity index (χ1) is 16.6. The molecule has 2 aliphatic rings. The second kappa shape index (κ2) is 10.2. The van der Waals surface area contributed by atoms with E-state index in [-0.39, 0.29) is 35.4 Å². The first-order valence-corrected chi connectivity index (χ1v) is 12.4. The number of phenolic OH excluding ortho intramolecular Hbond substituents is 2. The molecule has 3 atom stereocenters. The number of phenols is 2. The van der Waals surface area contributed by atoms with Crippen LogP contribution in [0.5, 0.6) is 23.0 Å². The first-order valence-electron chi connectivity index (χ1n) is 11.6. The molecule has 2 heterocycles. The molecular formula is C27H28FNO4S. The standard InChI is InChI=1S/C27H28FNO4S/c28-16-18-11-12-29(17-18)13-14-32-23-8-3-19(4-9-23)26-27(20-1-5-21(30)6-2-20)34-25-15-22(31)7-10-24(25)33-26/h1-10,15,18,26-27,30-31H,11-14,16-17H2/t18-,26?,27?/m0/s1. The first kappa shape index (κ1) is 22.9. The molecule has 0 spiro atoms. The monoisotopic (exact) mass is 481 g/mol. The molecule has 0 saturated carbocycles. The maximum absolute atomic E-state index is 12.8. The lowest BCUT2D eigenvalue weighted by Crippen LogP contribution is -2.26. The van der Waals surface area contributed by atoms with Crippen molar-refractivity contribution in [2.24, 2.45) is 5.92 Å². The van der Waals surface area contributed by atoms with E-state index in [1.807, 2.05) is 36.4 Å². The van der Waals surface area contributed by atoms with Crippen LogP contribution in [0.3, 0.4) is 0 Å². The van der Waals surface area contributed by atoms with Gasteiger partial charge in [-0.2, -0.15) is 0 Å². The van der Waals surface area contributed by atoms with Crippen molar-refractivity contribution < 1.29 is 24.1 Å². The number of halogens is 1. The van der Waals surface area contributed by atoms with E-state index in [9.17, 15) is 14.6 Å². The fourth-order valence-electron chi connectivity index (χ4n) is 4.52. The molecule has 0 aliphatic carbocycles. The van der Waals surface area contributed by atoms with Crippen molar-refractivity contribution in [3.05, 3.63) is 77.9 Å². The summed E-state index contributed by atoms with van der Waals surface area (Å²) in [6.45, 7) is 2.88. The van der Waals surface area contributed by atoms with Crippen LogP contribution in [0.25, 0.3) is 0 Å². The van der Waals surface area contributed by atoms with Crippen LogP contribution in [0.1, 0.15) is 28.9 Å². The number of rotatable bonds is 7. The Bertz CT molecular complexity index is 1110. The molecule has 0 bridgehead atoms. The van der Waals surface area contributed by atoms with Crippen molar-refractivity contribution in [1.29, 1.82) is 0 Å². The number of benzene rings is 3. The van der Waals surface area contributed by atoms with Gasteiger partial charge < -0.3 is 19.7 Å². The minimum absolute atomic E-state index is 0.0553. The Morgan fingerprint density at radius 1 is 0.971 bits per heavy atom. The van der Waals surface area contributed by atoms with E-state index in [0.29, 0.717) is 6.61 Å². The van der Waals surface area contributed by atoms with Gasteiger partial charge in [-0.3, -0.25) is 9.29 Å². The Hall–Kier alpha value is -2.90. The number of aromatic hydroxyl groups is 2. The van der Waals surface area contributed by atoms with E-state index < -0.39 is 0 Å². The summed E-state index contributed by atoms with van der Waals surface area (Å²) in [6.07, 6.45) is 0.679. The summed E-state index contributed by atoms with van der Waals surface area (Å²) in [7, 11) is 0. The third-order valence-corrected chi connectivity index (χ3v) is 7.75. The van der Waals surface area contributed by atoms with Crippen LogP contribution in [-0.4, -0.2) is 48.0 Å². The van der Waals surface area contributed by atoms with E-state index >= 15 is 0 Å². The van der Waals surface area contributed by atoms with E-state index in [0.717, 1.165) is 53.6 Å². The molecule has 1 saturated heterocycles. The zero-order valence-electron chi connectivity index (χ0n) is 18.8. The van der Waals surface area contributed by atoms with Crippen molar-refractivity contribution in [3.8, 4) is 23.0 Å². The van der Waals surface area contributed by atoms with E-state index in [1.54, 1.807) is 42.1 Å². The Kier molecular flexibility index (Phi) is 6.83. The van der Waals surface area contributed by atoms with Crippen LogP contribution in [-0.2, 0) is 0 Å². The minimum Gasteiger partial charge on any atom is -0.508 e. The highest BCUT2D eigenvalue weighted by Gasteiger charge is 2.33. The van der Waals surface area contributed by atoms with Crippen molar-refractivity contribution in [3.63, 3.8) is 0 Å². The zero-order valence-corrected chi connectivity index (χ0v) is 19.6. The average molecular weight is 482 g/mol. The molecular weight excluding hydrogens is 453 g/mol. The molecule has 3 aromatic rings. The second-order valence-electron chi connectivity index (χ2n) is 8.83. The Morgan fingerprint density at radius 3 is 2.44 bits per heavy atom. The van der Waals surface area contributed by atoms with Crippen LogP contribution in [0.15, 0.2) is 71.6 Å². The summed E-state index contributed by atoms with van der Waals surface area (Å²) in [5, 5.41) is 19.6. The molecule has 2 N–H and O–H groups in total. The highest BCUT2D eigenvalue weighted by atomic mass is 32.2. The van der Waals surface area contributed by atoms with Gasteiger partial charge in [0.1, 0.15) is 35.7 Å². The third kappa shape index (κ3) is 5.10. The van der Waals surface area contributed by atoms with Gasteiger partial charge in [0.05, 0.1) is 16.8 Å². The van der Waals surface area contributed by atoms with Gasteiger partial charge in [0.15, 0.2) is 0 Å². The van der Waals surface area contributed by atoms with Crippen molar-refractivity contribution in [2.75, 3.05) is 32.9 Å². The van der Waals surface area contributed by atoms with Crippen molar-refractivity contribution in [2.45, 2.75) is 22.7 Å². The van der Waals surface area contributed by atoms with Gasteiger partial charge in [-0.15, -0.1) is 11.8 Å². The van der Waals surface area contributed by atoms with Gasteiger partial charge in [0, 0.05) is 19.0 Å². The van der Waals surface area contributed by atoms with Gasteiger partial charge in [-0.05, 0) is 66.6 Å². The quantitative estimate of drug-likeness (QED) is 0.449. The predicted molar refractivity (Wildman–Crippen MR) is 131 cm³/mol. The van der Waals surface area contributed by atoms with Gasteiger partial charge in [0.25, 0.3) is 0 Å². The molecule has 2 unspecified atom stereocenters. The zero-order chi connectivity index (χ0) is 23.5. The molecule has 34 heavy (non-hydrogen) atoms. The van der Waals surface area contributed by atoms with E-state index in [4.69, 9.17) is 9.47 Å². The van der Waals surface area contributed by atoms with E-state index in [2.05, 4.69) is 4.90 Å². The van der Waals surface area contributed by atoms with Gasteiger partial charge in [-0.1, -0.05) is 24.3 Å². The summed E-state index contributed by atoms with van der Waals surface area (Å²) >= 11 is 1.64. The number of fused-ring (bicyclic) bond motifs is 1. The lowest BCUT2D eigenvalue weighted by Gasteiger charge is -2.34. The largest absolute Gasteiger partial charge is 0.508 e. The predicted octanol–water partition coefficient (Wildman–Crippen LogP) is 5.74. The van der Waals surface area contributed by atoms with Crippen LogP contribution in [0.2, 0.25) is 0 Å². The molecule has 7 heteroatoms. The fourth-order valence-corrected chi connectivity index (χ4v) is 5.85. The van der Waals surface area contributed by atoms with Gasteiger partial charge >= 0.3 is 0 Å². The Labute approximate surface area is 203 Å². The molecule has 0 aromatic heterocycles. The summed E-state index contributed by atoms with van der Waals surface area (Å²) < 4.78 is 25.2. The number of ether oxygens (including phenoxy) is 2. The number of likely N-dealkylation sites (tertiary alicyclic amines) is 1. The second-order valence-corrected chi connectivity index (χ2v) is 10.0. The van der Waals surface area contributed by atoms with Crippen LogP contribution in [0.4, 0.5) is 4.39 Å². The SMILES string of the molecule is Oc1ccc(C2Sc3cc(O)ccc3OC2c2ccc(OCCN3CC[C@@H](CF)C3)cc2)cc1. The van der Waals surface area contributed by atoms with Gasteiger partial charge in [0.2, 0.25) is 0 Å². The number of nitrogens with zero attached hydrogens (tertiary/aromatic N) is 1. The lowest BCUT2D eigenvalue weighted by atomic mass is 10.00. The summed E-state index contributed by atoms with van der Waals surface area (Å²) in [5.41, 5.74) is 2.04. The number of alkyl halides is 1. The molecule has 0 amide bonds. The lowest BCUT2D eigenvalue weighted by molar-refractivity contribution is 0.190. The van der Waals surface area contributed by atoms with Crippen molar-refractivity contribution in [1.82, 2.24) is 4.90 Å². The summed E-state index contributed by atoms with van der Waals surface area (Å²) in [5.74, 6) is 2.12. The summed E-state index contributed by atoms with van der Waals surface area (Å²) in [6, 6.07) is 20.3. The van der Waals surface area contributed by atoms with Crippen molar-refractivity contribution >= 4 is 11.8 Å².